The van der Waals surface area contributed by atoms with Crippen LogP contribution in [0.15, 0.2) is 12.7 Å². The van der Waals surface area contributed by atoms with Gasteiger partial charge >= 0.3 is 11.9 Å². The summed E-state index contributed by atoms with van der Waals surface area (Å²) in [7, 11) is 0. The van der Waals surface area contributed by atoms with Crippen molar-refractivity contribution in [3.8, 4) is 0 Å². The average molecular weight is 604 g/mol. The molecule has 41 heavy (non-hydrogen) atoms. The first-order valence-electron chi connectivity index (χ1n) is 14.4. The molecule has 1 unspecified atom stereocenters. The summed E-state index contributed by atoms with van der Waals surface area (Å²) >= 11 is 0. The zero-order valence-corrected chi connectivity index (χ0v) is 26.2. The second-order valence-corrected chi connectivity index (χ2v) is 13.5. The Morgan fingerprint density at radius 1 is 1.12 bits per heavy atom. The quantitative estimate of drug-likeness (QED) is 0.344. The molecule has 0 aromatic heterocycles. The largest absolute Gasteiger partial charge is 0.458 e. The van der Waals surface area contributed by atoms with Crippen LogP contribution in [0, 0.1) is 16.7 Å². The fourth-order valence-electron chi connectivity index (χ4n) is 8.39. The van der Waals surface area contributed by atoms with E-state index in [1.165, 1.54) is 26.3 Å². The molecule has 0 aromatic carbocycles. The molecule has 0 aromatic rings. The van der Waals surface area contributed by atoms with Gasteiger partial charge in [-0.15, -0.1) is 19.0 Å². The van der Waals surface area contributed by atoms with Crippen molar-refractivity contribution in [2.75, 3.05) is 19.6 Å². The van der Waals surface area contributed by atoms with Gasteiger partial charge in [-0.3, -0.25) is 14.4 Å². The third-order valence-electron chi connectivity index (χ3n) is 10.3. The fourth-order valence-corrected chi connectivity index (χ4v) is 8.39. The molecule has 4 fully saturated rings. The number of likely N-dealkylation sites (tertiary alicyclic amines) is 1. The van der Waals surface area contributed by atoms with Crippen LogP contribution in [0.5, 0.6) is 0 Å². The number of Topliss-reactive ketones (excluding diaryl/α,β-unsaturated/α-hetero) is 1. The predicted molar refractivity (Wildman–Crippen MR) is 154 cm³/mol. The Kier molecular flexibility index (Phi) is 10.6. The molecule has 4 aliphatic rings. The number of aliphatic hydroxyl groups excluding tert-OH is 1. The van der Waals surface area contributed by atoms with E-state index < -0.39 is 69.6 Å². The van der Waals surface area contributed by atoms with Gasteiger partial charge in [-0.2, -0.15) is 0 Å². The van der Waals surface area contributed by atoms with Crippen molar-refractivity contribution in [1.82, 2.24) is 4.90 Å². The molecular weight excluding hydrogens is 554 g/mol. The normalized spacial score (nSPS) is 41.9. The van der Waals surface area contributed by atoms with E-state index >= 15 is 0 Å². The highest BCUT2D eigenvalue weighted by atomic mass is 35.5. The van der Waals surface area contributed by atoms with Crippen molar-refractivity contribution in [3.05, 3.63) is 12.7 Å². The van der Waals surface area contributed by atoms with Gasteiger partial charge in [-0.1, -0.05) is 33.3 Å². The minimum atomic E-state index is -2.24. The summed E-state index contributed by atoms with van der Waals surface area (Å²) in [5.74, 6) is -2.34. The fraction of sp³-hybridized carbons (Fsp3) is 0.833. The molecule has 2 aliphatic carbocycles. The average Bonchev–Trinajstić information content (AvgIpc) is 2.86. The number of ketones is 1. The molecule has 4 rings (SSSR count). The number of ether oxygens (including phenoxy) is 3. The van der Waals surface area contributed by atoms with Crippen molar-refractivity contribution in [3.63, 3.8) is 0 Å². The summed E-state index contributed by atoms with van der Waals surface area (Å²) in [5, 5.41) is 24.2. The summed E-state index contributed by atoms with van der Waals surface area (Å²) in [6.07, 6.45) is 2.33. The van der Waals surface area contributed by atoms with Crippen LogP contribution >= 0.6 is 12.4 Å². The molecular formula is C30H50ClNO9. The second-order valence-electron chi connectivity index (χ2n) is 13.5. The standard InChI is InChI=1S/C30H47NO8.ClH.H2O/c1-8-27(5)18-21(34)30(36)28(6)20(33)12-14-26(3,4)24(28)23(25(37-19(2)32)29(30,7)39-27)38-22(35)13-17-31-15-10-9-11-16-31;;/h8,20,23-25,33,36H,1,9-18H2,2-7H3;1H;1H2/t20?,23-,24-,25-,27-,28-,29+,30-;;/m0../s1. The Morgan fingerprint density at radius 3 is 2.29 bits per heavy atom. The number of hydrogen-bond acceptors (Lipinski definition) is 9. The lowest BCUT2D eigenvalue weighted by molar-refractivity contribution is -0.371. The van der Waals surface area contributed by atoms with Crippen LogP contribution in [0.2, 0.25) is 0 Å². The predicted octanol–water partition coefficient (Wildman–Crippen LogP) is 2.54. The Morgan fingerprint density at radius 2 is 1.73 bits per heavy atom. The van der Waals surface area contributed by atoms with Crippen molar-refractivity contribution < 1.29 is 44.3 Å². The van der Waals surface area contributed by atoms with Gasteiger partial charge in [0.2, 0.25) is 0 Å². The van der Waals surface area contributed by atoms with Crippen molar-refractivity contribution in [2.24, 2.45) is 16.7 Å². The van der Waals surface area contributed by atoms with Gasteiger partial charge in [-0.05, 0) is 58.0 Å². The van der Waals surface area contributed by atoms with Crippen LogP contribution in [0.25, 0.3) is 0 Å². The summed E-state index contributed by atoms with van der Waals surface area (Å²) in [4.78, 5) is 42.2. The maximum absolute atomic E-state index is 14.0. The number of aliphatic hydroxyl groups is 2. The van der Waals surface area contributed by atoms with Gasteiger partial charge < -0.3 is 34.8 Å². The highest BCUT2D eigenvalue weighted by Gasteiger charge is 2.82. The number of halogens is 1. The highest BCUT2D eigenvalue weighted by Crippen LogP contribution is 2.67. The molecule has 10 nitrogen and oxygen atoms in total. The number of fused-ring (bicyclic) bond motifs is 3. The zero-order valence-electron chi connectivity index (χ0n) is 25.4. The van der Waals surface area contributed by atoms with Gasteiger partial charge in [0, 0.05) is 31.2 Å². The van der Waals surface area contributed by atoms with E-state index in [0.29, 0.717) is 19.4 Å². The van der Waals surface area contributed by atoms with Crippen LogP contribution in [-0.4, -0.2) is 93.1 Å². The van der Waals surface area contributed by atoms with Crippen molar-refractivity contribution in [1.29, 1.82) is 0 Å². The smallest absolute Gasteiger partial charge is 0.307 e. The van der Waals surface area contributed by atoms with Gasteiger partial charge in [0.25, 0.3) is 0 Å². The molecule has 8 atom stereocenters. The molecule has 2 saturated heterocycles. The molecule has 0 bridgehead atoms. The van der Waals surface area contributed by atoms with Crippen LogP contribution in [0.1, 0.15) is 86.5 Å². The number of rotatable bonds is 6. The topological polar surface area (TPSA) is 154 Å². The Labute approximate surface area is 249 Å². The molecule has 0 amide bonds. The van der Waals surface area contributed by atoms with Crippen LogP contribution in [-0.2, 0) is 28.6 Å². The monoisotopic (exact) mass is 603 g/mol. The molecule has 0 spiro atoms. The number of carbonyl (C=O) groups excluding carboxylic acids is 3. The van der Waals surface area contributed by atoms with Gasteiger partial charge in [0.1, 0.15) is 11.7 Å². The summed E-state index contributed by atoms with van der Waals surface area (Å²) in [6, 6.07) is 0. The van der Waals surface area contributed by atoms with E-state index in [1.807, 2.05) is 13.8 Å². The van der Waals surface area contributed by atoms with Gasteiger partial charge in [0.05, 0.1) is 18.1 Å². The lowest BCUT2D eigenvalue weighted by atomic mass is 9.39. The summed E-state index contributed by atoms with van der Waals surface area (Å²) in [5.41, 5.74) is -7.29. The molecule has 2 saturated carbocycles. The maximum Gasteiger partial charge on any atom is 0.307 e. The molecule has 4 N–H and O–H groups in total. The first-order chi connectivity index (χ1) is 18.1. The second kappa shape index (κ2) is 12.2. The van der Waals surface area contributed by atoms with Crippen LogP contribution < -0.4 is 0 Å². The number of carbonyl (C=O) groups is 3. The lowest BCUT2D eigenvalue weighted by Crippen LogP contribution is -2.87. The molecule has 2 aliphatic heterocycles. The lowest BCUT2D eigenvalue weighted by Gasteiger charge is -2.71. The van der Waals surface area contributed by atoms with E-state index in [1.54, 1.807) is 13.8 Å². The van der Waals surface area contributed by atoms with E-state index in [-0.39, 0.29) is 30.7 Å². The van der Waals surface area contributed by atoms with Crippen molar-refractivity contribution in [2.45, 2.75) is 122 Å². The Hall–Kier alpha value is -1.56. The van der Waals surface area contributed by atoms with E-state index in [2.05, 4.69) is 11.5 Å². The number of hydrogen-bond donors (Lipinski definition) is 2. The molecule has 2 heterocycles. The van der Waals surface area contributed by atoms with E-state index in [0.717, 1.165) is 25.9 Å². The third kappa shape index (κ3) is 5.60. The Bertz CT molecular complexity index is 1020. The zero-order chi connectivity index (χ0) is 29.0. The van der Waals surface area contributed by atoms with Gasteiger partial charge in [-0.25, -0.2) is 0 Å². The van der Waals surface area contributed by atoms with Crippen LogP contribution in [0.4, 0.5) is 0 Å². The minimum absolute atomic E-state index is 0. The molecule has 236 valence electrons. The first kappa shape index (κ1) is 35.6. The molecule has 11 heteroatoms. The first-order valence-corrected chi connectivity index (χ1v) is 14.4. The molecule has 0 radical (unpaired) electrons. The number of nitrogens with zero attached hydrogens (tertiary/aromatic N) is 1. The summed E-state index contributed by atoms with van der Waals surface area (Å²) < 4.78 is 18.6. The highest BCUT2D eigenvalue weighted by molar-refractivity contribution is 5.92. The van der Waals surface area contributed by atoms with Crippen molar-refractivity contribution >= 4 is 30.1 Å². The number of esters is 2. The number of piperidine rings is 1. The van der Waals surface area contributed by atoms with E-state index in [4.69, 9.17) is 14.2 Å². The Balaban J connectivity index is 0.00000294. The van der Waals surface area contributed by atoms with Crippen LogP contribution in [0.3, 0.4) is 0 Å². The third-order valence-corrected chi connectivity index (χ3v) is 10.3. The maximum atomic E-state index is 14.0. The minimum Gasteiger partial charge on any atom is -0.458 e. The SMILES string of the molecule is C=C[C@@]1(C)CC(=O)[C@]2(O)[C@@]3(C)C(O)CCC(C)(C)[C@@H]3[C@H](OC(=O)CCN3CCCCC3)[C@H](OC(C)=O)[C@@]2(C)O1.Cl.O. The summed E-state index contributed by atoms with van der Waals surface area (Å²) in [6.45, 7) is 16.4. The van der Waals surface area contributed by atoms with E-state index in [9.17, 15) is 24.6 Å². The van der Waals surface area contributed by atoms with Gasteiger partial charge in [0.15, 0.2) is 17.5 Å².